The van der Waals surface area contributed by atoms with E-state index < -0.39 is 0 Å². The van der Waals surface area contributed by atoms with Gasteiger partial charge in [-0.15, -0.1) is 11.3 Å². The summed E-state index contributed by atoms with van der Waals surface area (Å²) in [6, 6.07) is 4.58. The van der Waals surface area contributed by atoms with Gasteiger partial charge < -0.3 is 16.0 Å². The highest BCUT2D eigenvalue weighted by molar-refractivity contribution is 7.11. The van der Waals surface area contributed by atoms with Crippen LogP contribution in [0.25, 0.3) is 0 Å². The third-order valence-electron chi connectivity index (χ3n) is 3.92. The van der Waals surface area contributed by atoms with Crippen molar-refractivity contribution >= 4 is 23.2 Å². The highest BCUT2D eigenvalue weighted by Crippen LogP contribution is 2.17. The van der Waals surface area contributed by atoms with E-state index in [9.17, 15) is 4.79 Å². The van der Waals surface area contributed by atoms with Gasteiger partial charge in [-0.05, 0) is 38.8 Å². The van der Waals surface area contributed by atoms with Crippen LogP contribution < -0.4 is 16.0 Å². The summed E-state index contributed by atoms with van der Waals surface area (Å²) in [4.78, 5) is 19.0. The normalized spacial score (nSPS) is 16.2. The number of carbonyl (C=O) groups is 1. The van der Waals surface area contributed by atoms with Gasteiger partial charge in [-0.25, -0.2) is 4.99 Å². The Hall–Kier alpha value is -1.56. The third kappa shape index (κ3) is 6.60. The van der Waals surface area contributed by atoms with Crippen LogP contribution in [0.2, 0.25) is 0 Å². The number of amides is 1. The molecule has 1 amide bonds. The molecule has 1 aliphatic carbocycles. The number of nitrogens with one attached hydrogen (secondary N) is 3. The number of aryl methyl sites for hydroxylation is 1. The highest BCUT2D eigenvalue weighted by Gasteiger charge is 2.15. The molecule has 0 radical (unpaired) electrons. The van der Waals surface area contributed by atoms with Crippen LogP contribution in [0.1, 0.15) is 48.8 Å². The second kappa shape index (κ2) is 9.55. The first kappa shape index (κ1) is 17.8. The molecule has 0 bridgehead atoms. The van der Waals surface area contributed by atoms with E-state index in [0.29, 0.717) is 12.0 Å². The molecule has 1 aliphatic rings. The smallest absolute Gasteiger partial charge is 0.242 e. The number of guanidine groups is 1. The largest absolute Gasteiger partial charge is 0.357 e. The molecule has 0 aliphatic heterocycles. The van der Waals surface area contributed by atoms with E-state index in [0.717, 1.165) is 25.9 Å². The third-order valence-corrected chi connectivity index (χ3v) is 4.92. The quantitative estimate of drug-likeness (QED) is 0.552. The van der Waals surface area contributed by atoms with Crippen LogP contribution in [0.15, 0.2) is 17.1 Å². The Morgan fingerprint density at radius 1 is 1.26 bits per heavy atom. The van der Waals surface area contributed by atoms with Gasteiger partial charge in [-0.1, -0.05) is 19.3 Å². The molecule has 2 rings (SSSR count). The summed E-state index contributed by atoms with van der Waals surface area (Å²) in [5.41, 5.74) is 0. The van der Waals surface area contributed by atoms with Gasteiger partial charge in [0.2, 0.25) is 5.91 Å². The number of rotatable bonds is 6. The van der Waals surface area contributed by atoms with E-state index in [2.05, 4.69) is 40.0 Å². The van der Waals surface area contributed by atoms with Crippen molar-refractivity contribution in [2.24, 2.45) is 4.99 Å². The monoisotopic (exact) mass is 336 g/mol. The molecule has 1 aromatic rings. The molecule has 0 spiro atoms. The first-order chi connectivity index (χ1) is 11.2. The van der Waals surface area contributed by atoms with Crippen LogP contribution in [0.4, 0.5) is 0 Å². The number of hydrogen-bond acceptors (Lipinski definition) is 3. The van der Waals surface area contributed by atoms with E-state index >= 15 is 0 Å². The summed E-state index contributed by atoms with van der Waals surface area (Å²) in [5, 5.41) is 9.55. The van der Waals surface area contributed by atoms with Gasteiger partial charge in [0, 0.05) is 22.3 Å². The van der Waals surface area contributed by atoms with Crippen LogP contribution in [-0.2, 0) is 11.3 Å². The number of nitrogens with zero attached hydrogens (tertiary/aromatic N) is 1. The maximum absolute atomic E-state index is 12.0. The van der Waals surface area contributed by atoms with E-state index in [1.54, 1.807) is 11.3 Å². The Morgan fingerprint density at radius 2 is 2.04 bits per heavy atom. The maximum Gasteiger partial charge on any atom is 0.242 e. The summed E-state index contributed by atoms with van der Waals surface area (Å²) < 4.78 is 0. The first-order valence-corrected chi connectivity index (χ1v) is 9.36. The van der Waals surface area contributed by atoms with Crippen molar-refractivity contribution in [3.63, 3.8) is 0 Å². The highest BCUT2D eigenvalue weighted by atomic mass is 32.1. The summed E-state index contributed by atoms with van der Waals surface area (Å²) in [6.45, 7) is 5.81. The molecule has 1 aromatic heterocycles. The number of thiophene rings is 1. The molecule has 0 aromatic carbocycles. The zero-order valence-electron chi connectivity index (χ0n) is 14.2. The molecule has 1 saturated carbocycles. The van der Waals surface area contributed by atoms with Crippen molar-refractivity contribution in [1.29, 1.82) is 0 Å². The number of carbonyl (C=O) groups excluding carboxylic acids is 1. The summed E-state index contributed by atoms with van der Waals surface area (Å²) >= 11 is 1.77. The number of hydrogen-bond donors (Lipinski definition) is 3. The standard InChI is InChI=1S/C17H28N4OS/c1-3-18-17(19-11-15-10-9-13(2)23-15)20-12-16(22)21-14-7-5-4-6-8-14/h9-10,14H,3-8,11-12H2,1-2H3,(H,21,22)(H2,18,19,20). The minimum atomic E-state index is 0.0149. The van der Waals surface area contributed by atoms with Gasteiger partial charge in [0.25, 0.3) is 0 Å². The summed E-state index contributed by atoms with van der Waals surface area (Å²) in [7, 11) is 0. The Morgan fingerprint density at radius 3 is 2.70 bits per heavy atom. The van der Waals surface area contributed by atoms with Gasteiger partial charge >= 0.3 is 0 Å². The predicted octanol–water partition coefficient (Wildman–Crippen LogP) is 2.56. The van der Waals surface area contributed by atoms with Crippen LogP contribution in [0, 0.1) is 6.92 Å². The molecular formula is C17H28N4OS. The average Bonchev–Trinajstić information content (AvgIpc) is 2.96. The van der Waals surface area contributed by atoms with Crippen molar-refractivity contribution in [3.05, 3.63) is 21.9 Å². The summed E-state index contributed by atoms with van der Waals surface area (Å²) in [6.07, 6.45) is 5.94. The molecule has 5 nitrogen and oxygen atoms in total. The lowest BCUT2D eigenvalue weighted by Gasteiger charge is -2.22. The lowest BCUT2D eigenvalue weighted by molar-refractivity contribution is -0.120. The van der Waals surface area contributed by atoms with Gasteiger partial charge in [0.05, 0.1) is 6.54 Å². The molecule has 0 unspecified atom stereocenters. The van der Waals surface area contributed by atoms with E-state index in [-0.39, 0.29) is 12.5 Å². The van der Waals surface area contributed by atoms with Crippen LogP contribution >= 0.6 is 11.3 Å². The second-order valence-electron chi connectivity index (χ2n) is 5.96. The van der Waals surface area contributed by atoms with E-state index in [1.165, 1.54) is 29.0 Å². The fourth-order valence-electron chi connectivity index (χ4n) is 2.76. The Balaban J connectivity index is 1.78. The average molecular weight is 337 g/mol. The molecule has 3 N–H and O–H groups in total. The minimum Gasteiger partial charge on any atom is -0.357 e. The Bertz CT molecular complexity index is 520. The SMILES string of the molecule is CCNC(=NCC(=O)NC1CCCCC1)NCc1ccc(C)s1. The fourth-order valence-corrected chi connectivity index (χ4v) is 3.59. The van der Waals surface area contributed by atoms with Gasteiger partial charge in [0.1, 0.15) is 6.54 Å². The first-order valence-electron chi connectivity index (χ1n) is 8.54. The minimum absolute atomic E-state index is 0.0149. The van der Waals surface area contributed by atoms with Crippen LogP contribution in [-0.4, -0.2) is 31.0 Å². The zero-order chi connectivity index (χ0) is 16.5. The molecule has 1 heterocycles. The molecular weight excluding hydrogens is 308 g/mol. The molecule has 6 heteroatoms. The molecule has 0 saturated heterocycles. The van der Waals surface area contributed by atoms with Crippen molar-refractivity contribution in [2.45, 2.75) is 58.5 Å². The molecule has 23 heavy (non-hydrogen) atoms. The lowest BCUT2D eigenvalue weighted by atomic mass is 9.95. The topological polar surface area (TPSA) is 65.5 Å². The summed E-state index contributed by atoms with van der Waals surface area (Å²) in [5.74, 6) is 0.707. The van der Waals surface area contributed by atoms with Crippen LogP contribution in [0.5, 0.6) is 0 Å². The second-order valence-corrected chi connectivity index (χ2v) is 7.34. The molecule has 0 atom stereocenters. The van der Waals surface area contributed by atoms with Crippen LogP contribution in [0.3, 0.4) is 0 Å². The lowest BCUT2D eigenvalue weighted by Crippen LogP contribution is -2.40. The van der Waals surface area contributed by atoms with Crippen molar-refractivity contribution < 1.29 is 4.79 Å². The number of aliphatic imine (C=N–C) groups is 1. The fraction of sp³-hybridized carbons (Fsp3) is 0.647. The van der Waals surface area contributed by atoms with Crippen molar-refractivity contribution in [2.75, 3.05) is 13.1 Å². The zero-order valence-corrected chi connectivity index (χ0v) is 15.0. The Kier molecular flexibility index (Phi) is 7.39. The van der Waals surface area contributed by atoms with E-state index in [4.69, 9.17) is 0 Å². The van der Waals surface area contributed by atoms with E-state index in [1.807, 2.05) is 6.92 Å². The van der Waals surface area contributed by atoms with Gasteiger partial charge in [0.15, 0.2) is 5.96 Å². The van der Waals surface area contributed by atoms with Gasteiger partial charge in [-0.3, -0.25) is 4.79 Å². The molecule has 128 valence electrons. The van der Waals surface area contributed by atoms with Gasteiger partial charge in [-0.2, -0.15) is 0 Å². The molecule has 1 fully saturated rings. The predicted molar refractivity (Wildman–Crippen MR) is 96.9 cm³/mol. The van der Waals surface area contributed by atoms with Crippen molar-refractivity contribution in [3.8, 4) is 0 Å². The van der Waals surface area contributed by atoms with Crippen molar-refractivity contribution in [1.82, 2.24) is 16.0 Å². The maximum atomic E-state index is 12.0. The Labute approximate surface area is 143 Å².